The van der Waals surface area contributed by atoms with Gasteiger partial charge < -0.3 is 19.8 Å². The molecule has 0 saturated heterocycles. The SMILES string of the molecule is COc1cccc(C=NNC(N)=O)c1OCCn1ccnc1. The van der Waals surface area contributed by atoms with Gasteiger partial charge in [-0.2, -0.15) is 5.10 Å². The molecule has 0 radical (unpaired) electrons. The molecule has 0 unspecified atom stereocenters. The molecule has 2 rings (SSSR count). The number of imidazole rings is 1. The van der Waals surface area contributed by atoms with E-state index < -0.39 is 6.03 Å². The summed E-state index contributed by atoms with van der Waals surface area (Å²) < 4.78 is 13.0. The fraction of sp³-hybridized carbons (Fsp3) is 0.214. The first-order valence-electron chi connectivity index (χ1n) is 6.54. The van der Waals surface area contributed by atoms with E-state index in [-0.39, 0.29) is 0 Å². The molecule has 0 saturated carbocycles. The molecular formula is C14H17N5O3. The minimum absolute atomic E-state index is 0.431. The van der Waals surface area contributed by atoms with Crippen molar-refractivity contribution in [3.8, 4) is 11.5 Å². The average Bonchev–Trinajstić information content (AvgIpc) is 3.01. The summed E-state index contributed by atoms with van der Waals surface area (Å²) in [5.41, 5.74) is 7.76. The van der Waals surface area contributed by atoms with E-state index >= 15 is 0 Å². The van der Waals surface area contributed by atoms with Crippen LogP contribution in [0.1, 0.15) is 5.56 Å². The van der Waals surface area contributed by atoms with Crippen LogP contribution >= 0.6 is 0 Å². The summed E-state index contributed by atoms with van der Waals surface area (Å²) in [4.78, 5) is 14.6. The average molecular weight is 303 g/mol. The van der Waals surface area contributed by atoms with Crippen LogP contribution in [-0.4, -0.2) is 35.5 Å². The summed E-state index contributed by atoms with van der Waals surface area (Å²) in [6.07, 6.45) is 6.71. The van der Waals surface area contributed by atoms with Crippen LogP contribution in [0.5, 0.6) is 11.5 Å². The maximum atomic E-state index is 10.6. The topological polar surface area (TPSA) is 104 Å². The van der Waals surface area contributed by atoms with Gasteiger partial charge in [0.05, 0.1) is 26.2 Å². The molecule has 0 aliphatic carbocycles. The van der Waals surface area contributed by atoms with Gasteiger partial charge in [0.15, 0.2) is 11.5 Å². The van der Waals surface area contributed by atoms with E-state index in [0.29, 0.717) is 30.2 Å². The van der Waals surface area contributed by atoms with E-state index in [1.165, 1.54) is 6.21 Å². The second kappa shape index (κ2) is 7.67. The van der Waals surface area contributed by atoms with Crippen LogP contribution in [0.15, 0.2) is 42.0 Å². The number of hydrogen-bond acceptors (Lipinski definition) is 5. The molecule has 2 aromatic rings. The largest absolute Gasteiger partial charge is 0.493 e. The highest BCUT2D eigenvalue weighted by atomic mass is 16.5. The number of urea groups is 1. The van der Waals surface area contributed by atoms with Crippen molar-refractivity contribution in [2.45, 2.75) is 6.54 Å². The molecule has 0 fully saturated rings. The fourth-order valence-corrected chi connectivity index (χ4v) is 1.79. The lowest BCUT2D eigenvalue weighted by Crippen LogP contribution is -2.24. The second-order valence-electron chi connectivity index (χ2n) is 4.26. The van der Waals surface area contributed by atoms with E-state index in [9.17, 15) is 4.79 Å². The van der Waals surface area contributed by atoms with Gasteiger partial charge in [-0.05, 0) is 12.1 Å². The number of para-hydroxylation sites is 1. The lowest BCUT2D eigenvalue weighted by molar-refractivity contribution is 0.249. The Bertz CT molecular complexity index is 640. The van der Waals surface area contributed by atoms with Gasteiger partial charge in [-0.15, -0.1) is 0 Å². The van der Waals surface area contributed by atoms with Crippen LogP contribution in [0.4, 0.5) is 4.79 Å². The number of nitrogens with one attached hydrogen (secondary N) is 1. The molecule has 0 aliphatic rings. The zero-order chi connectivity index (χ0) is 15.8. The molecule has 1 aromatic carbocycles. The summed E-state index contributed by atoms with van der Waals surface area (Å²) in [7, 11) is 1.56. The summed E-state index contributed by atoms with van der Waals surface area (Å²) >= 11 is 0. The molecule has 0 atom stereocenters. The molecule has 116 valence electrons. The number of benzene rings is 1. The number of ether oxygens (including phenoxy) is 2. The minimum atomic E-state index is -0.735. The number of aromatic nitrogens is 2. The van der Waals surface area contributed by atoms with Crippen molar-refractivity contribution in [2.24, 2.45) is 10.8 Å². The quantitative estimate of drug-likeness (QED) is 0.587. The normalized spacial score (nSPS) is 10.6. The van der Waals surface area contributed by atoms with Gasteiger partial charge >= 0.3 is 6.03 Å². The Kier molecular flexibility index (Phi) is 5.36. The van der Waals surface area contributed by atoms with E-state index in [0.717, 1.165) is 0 Å². The standard InChI is InChI=1S/C14H17N5O3/c1-21-12-4-2-3-11(9-17-18-14(15)20)13(12)22-8-7-19-6-5-16-10-19/h2-6,9-10H,7-8H2,1H3,(H3,15,18,20). The minimum Gasteiger partial charge on any atom is -0.493 e. The van der Waals surface area contributed by atoms with Crippen LogP contribution in [0.25, 0.3) is 0 Å². The first-order valence-corrected chi connectivity index (χ1v) is 6.54. The van der Waals surface area contributed by atoms with Crippen molar-refractivity contribution in [3.05, 3.63) is 42.5 Å². The van der Waals surface area contributed by atoms with Crippen molar-refractivity contribution < 1.29 is 14.3 Å². The van der Waals surface area contributed by atoms with Crippen molar-refractivity contribution in [3.63, 3.8) is 0 Å². The van der Waals surface area contributed by atoms with Gasteiger partial charge in [0.1, 0.15) is 6.61 Å². The van der Waals surface area contributed by atoms with Crippen LogP contribution < -0.4 is 20.6 Å². The number of rotatable bonds is 7. The van der Waals surface area contributed by atoms with Crippen molar-refractivity contribution in [1.82, 2.24) is 15.0 Å². The van der Waals surface area contributed by atoms with Gasteiger partial charge in [-0.25, -0.2) is 15.2 Å². The highest BCUT2D eigenvalue weighted by molar-refractivity contribution is 5.86. The Morgan fingerprint density at radius 1 is 1.55 bits per heavy atom. The maximum absolute atomic E-state index is 10.6. The molecule has 1 aromatic heterocycles. The first-order chi connectivity index (χ1) is 10.7. The summed E-state index contributed by atoms with van der Waals surface area (Å²) in [5.74, 6) is 1.12. The van der Waals surface area contributed by atoms with Crippen molar-refractivity contribution in [1.29, 1.82) is 0 Å². The molecule has 1 heterocycles. The summed E-state index contributed by atoms with van der Waals surface area (Å²) in [5, 5.41) is 3.73. The highest BCUT2D eigenvalue weighted by Gasteiger charge is 2.09. The van der Waals surface area contributed by atoms with Gasteiger partial charge in [-0.1, -0.05) is 6.07 Å². The van der Waals surface area contributed by atoms with E-state index in [1.807, 2.05) is 10.8 Å². The molecular weight excluding hydrogens is 286 g/mol. The zero-order valence-electron chi connectivity index (χ0n) is 12.1. The van der Waals surface area contributed by atoms with E-state index in [4.69, 9.17) is 15.2 Å². The zero-order valence-corrected chi connectivity index (χ0v) is 12.1. The third-order valence-electron chi connectivity index (χ3n) is 2.76. The number of amides is 2. The molecule has 0 bridgehead atoms. The van der Waals surface area contributed by atoms with Crippen LogP contribution in [0.2, 0.25) is 0 Å². The predicted molar refractivity (Wildman–Crippen MR) is 81.0 cm³/mol. The monoisotopic (exact) mass is 303 g/mol. The number of nitrogens with zero attached hydrogens (tertiary/aromatic N) is 3. The Labute approximate surface area is 127 Å². The third-order valence-corrected chi connectivity index (χ3v) is 2.76. The van der Waals surface area contributed by atoms with Gasteiger partial charge in [0, 0.05) is 18.0 Å². The van der Waals surface area contributed by atoms with Gasteiger partial charge in [-0.3, -0.25) is 0 Å². The number of nitrogens with two attached hydrogens (primary N) is 1. The molecule has 8 nitrogen and oxygen atoms in total. The van der Waals surface area contributed by atoms with Gasteiger partial charge in [0.25, 0.3) is 0 Å². The predicted octanol–water partition coefficient (Wildman–Crippen LogP) is 0.973. The van der Waals surface area contributed by atoms with Gasteiger partial charge in [0.2, 0.25) is 0 Å². The van der Waals surface area contributed by atoms with Crippen molar-refractivity contribution in [2.75, 3.05) is 13.7 Å². The Balaban J connectivity index is 2.08. The molecule has 22 heavy (non-hydrogen) atoms. The lowest BCUT2D eigenvalue weighted by Gasteiger charge is -2.13. The molecule has 0 spiro atoms. The van der Waals surface area contributed by atoms with Crippen LogP contribution in [0.3, 0.4) is 0 Å². The fourth-order valence-electron chi connectivity index (χ4n) is 1.79. The van der Waals surface area contributed by atoms with Crippen LogP contribution in [0, 0.1) is 0 Å². The Hall–Kier alpha value is -3.03. The molecule has 2 amide bonds. The molecule has 0 aliphatic heterocycles. The lowest BCUT2D eigenvalue weighted by atomic mass is 10.2. The number of carbonyl (C=O) groups is 1. The summed E-state index contributed by atoms with van der Waals surface area (Å²) in [6, 6.07) is 4.64. The molecule has 8 heteroatoms. The third kappa shape index (κ3) is 4.23. The second-order valence-corrected chi connectivity index (χ2v) is 4.26. The van der Waals surface area contributed by atoms with Crippen LogP contribution in [-0.2, 0) is 6.54 Å². The number of primary amides is 1. The first kappa shape index (κ1) is 15.4. The van der Waals surface area contributed by atoms with Crippen molar-refractivity contribution >= 4 is 12.2 Å². The Morgan fingerprint density at radius 3 is 3.09 bits per heavy atom. The highest BCUT2D eigenvalue weighted by Crippen LogP contribution is 2.30. The number of methoxy groups -OCH3 is 1. The van der Waals surface area contributed by atoms with E-state index in [2.05, 4.69) is 15.5 Å². The number of hydrogen-bond donors (Lipinski definition) is 2. The summed E-state index contributed by atoms with van der Waals surface area (Å²) in [6.45, 7) is 1.08. The van der Waals surface area contributed by atoms with E-state index in [1.54, 1.807) is 37.8 Å². The Morgan fingerprint density at radius 2 is 2.41 bits per heavy atom. The molecule has 3 N–H and O–H groups in total. The number of hydrazone groups is 1. The maximum Gasteiger partial charge on any atom is 0.332 e. The smallest absolute Gasteiger partial charge is 0.332 e. The number of carbonyl (C=O) groups excluding carboxylic acids is 1.